The Morgan fingerprint density at radius 1 is 1.28 bits per heavy atom. The number of fused-ring (bicyclic) bond motifs is 1. The number of nitrogens with one attached hydrogen (secondary N) is 1. The van der Waals surface area contributed by atoms with Gasteiger partial charge in [-0.25, -0.2) is 9.37 Å². The van der Waals surface area contributed by atoms with Gasteiger partial charge in [0.2, 0.25) is 5.91 Å². The summed E-state index contributed by atoms with van der Waals surface area (Å²) in [7, 11) is 1.82. The highest BCUT2D eigenvalue weighted by atomic mass is 35.5. The molecule has 0 fully saturated rings. The van der Waals surface area contributed by atoms with Gasteiger partial charge >= 0.3 is 0 Å². The Bertz CT molecular complexity index is 918. The number of hydrogen-bond donors (Lipinski definition) is 1. The van der Waals surface area contributed by atoms with Crippen LogP contribution in [-0.4, -0.2) is 24.5 Å². The number of halogens is 2. The number of benzene rings is 2. The lowest BCUT2D eigenvalue weighted by Crippen LogP contribution is -2.29. The average Bonchev–Trinajstić information content (AvgIpc) is 3.01. The van der Waals surface area contributed by atoms with Crippen LogP contribution in [-0.2, 0) is 4.79 Å². The van der Waals surface area contributed by atoms with E-state index in [0.29, 0.717) is 5.69 Å². The number of thiazole rings is 1. The van der Waals surface area contributed by atoms with E-state index in [0.717, 1.165) is 20.9 Å². The van der Waals surface area contributed by atoms with Gasteiger partial charge < -0.3 is 10.2 Å². The van der Waals surface area contributed by atoms with E-state index in [1.165, 1.54) is 23.8 Å². The average molecular weight is 378 g/mol. The summed E-state index contributed by atoms with van der Waals surface area (Å²) >= 11 is 7.29. The Hall–Kier alpha value is -2.18. The molecular weight excluding hydrogens is 361 g/mol. The molecule has 0 unspecified atom stereocenters. The summed E-state index contributed by atoms with van der Waals surface area (Å²) in [5.41, 5.74) is 3.71. The van der Waals surface area contributed by atoms with Crippen LogP contribution in [0.25, 0.3) is 10.2 Å². The quantitative estimate of drug-likeness (QED) is 0.711. The van der Waals surface area contributed by atoms with E-state index in [2.05, 4.69) is 23.3 Å². The number of likely N-dealkylation sites (N-methyl/N-ethyl adjacent to an activating group) is 1. The van der Waals surface area contributed by atoms with Gasteiger partial charge in [0, 0.05) is 12.7 Å². The summed E-state index contributed by atoms with van der Waals surface area (Å²) in [6, 6.07) is 8.21. The van der Waals surface area contributed by atoms with Crippen molar-refractivity contribution in [2.75, 3.05) is 23.8 Å². The van der Waals surface area contributed by atoms with Crippen LogP contribution < -0.4 is 10.2 Å². The molecular formula is C18H17ClFN3OS. The highest BCUT2D eigenvalue weighted by molar-refractivity contribution is 7.22. The molecule has 7 heteroatoms. The molecule has 0 saturated heterocycles. The molecule has 0 aliphatic rings. The third-order valence-corrected chi connectivity index (χ3v) is 5.44. The summed E-state index contributed by atoms with van der Waals surface area (Å²) in [5, 5.41) is 3.47. The van der Waals surface area contributed by atoms with E-state index < -0.39 is 5.82 Å². The molecule has 3 aromatic rings. The second-order valence-corrected chi connectivity index (χ2v) is 7.29. The maximum absolute atomic E-state index is 13.2. The van der Waals surface area contributed by atoms with Crippen molar-refractivity contribution in [1.29, 1.82) is 0 Å². The lowest BCUT2D eigenvalue weighted by atomic mass is 10.1. The zero-order valence-electron chi connectivity index (χ0n) is 14.1. The van der Waals surface area contributed by atoms with Crippen molar-refractivity contribution in [1.82, 2.24) is 4.98 Å². The molecule has 0 aliphatic carbocycles. The Kier molecular flexibility index (Phi) is 4.92. The number of aromatic nitrogens is 1. The van der Waals surface area contributed by atoms with E-state index in [4.69, 9.17) is 11.6 Å². The Morgan fingerprint density at radius 2 is 2.00 bits per heavy atom. The van der Waals surface area contributed by atoms with Crippen molar-refractivity contribution in [3.8, 4) is 0 Å². The first kappa shape index (κ1) is 17.6. The molecule has 1 heterocycles. The maximum Gasteiger partial charge on any atom is 0.243 e. The lowest BCUT2D eigenvalue weighted by molar-refractivity contribution is -0.114. The smallest absolute Gasteiger partial charge is 0.243 e. The van der Waals surface area contributed by atoms with Crippen LogP contribution >= 0.6 is 22.9 Å². The highest BCUT2D eigenvalue weighted by Gasteiger charge is 2.14. The third-order valence-electron chi connectivity index (χ3n) is 3.84. The summed E-state index contributed by atoms with van der Waals surface area (Å²) < 4.78 is 14.3. The molecule has 1 aromatic heterocycles. The molecule has 0 aliphatic heterocycles. The molecule has 3 rings (SSSR count). The van der Waals surface area contributed by atoms with Crippen LogP contribution in [0.3, 0.4) is 0 Å². The molecule has 0 saturated carbocycles. The van der Waals surface area contributed by atoms with Gasteiger partial charge in [0.25, 0.3) is 0 Å². The van der Waals surface area contributed by atoms with Gasteiger partial charge in [-0.2, -0.15) is 0 Å². The van der Waals surface area contributed by atoms with Gasteiger partial charge in [0.15, 0.2) is 5.13 Å². The monoisotopic (exact) mass is 377 g/mol. The second-order valence-electron chi connectivity index (χ2n) is 5.91. The number of rotatable bonds is 4. The van der Waals surface area contributed by atoms with Crippen molar-refractivity contribution in [2.24, 2.45) is 0 Å². The molecule has 130 valence electrons. The van der Waals surface area contributed by atoms with Crippen LogP contribution in [0.2, 0.25) is 5.02 Å². The minimum Gasteiger partial charge on any atom is -0.342 e. The van der Waals surface area contributed by atoms with Crippen molar-refractivity contribution in [3.63, 3.8) is 0 Å². The molecule has 1 amide bonds. The molecule has 4 nitrogen and oxygen atoms in total. The fraction of sp³-hybridized carbons (Fsp3) is 0.222. The minimum atomic E-state index is -0.517. The summed E-state index contributed by atoms with van der Waals surface area (Å²) in [5.74, 6) is -0.741. The zero-order valence-corrected chi connectivity index (χ0v) is 15.6. The third kappa shape index (κ3) is 3.75. The van der Waals surface area contributed by atoms with Gasteiger partial charge in [-0.1, -0.05) is 35.1 Å². The Balaban J connectivity index is 1.74. The van der Waals surface area contributed by atoms with Gasteiger partial charge in [0.05, 0.1) is 21.8 Å². The molecule has 0 spiro atoms. The molecule has 0 radical (unpaired) electrons. The molecule has 0 bridgehead atoms. The first-order valence-electron chi connectivity index (χ1n) is 7.68. The number of anilines is 2. The molecule has 2 aromatic carbocycles. The fourth-order valence-electron chi connectivity index (χ4n) is 2.47. The van der Waals surface area contributed by atoms with E-state index in [1.807, 2.05) is 20.0 Å². The van der Waals surface area contributed by atoms with Gasteiger partial charge in [-0.3, -0.25) is 4.79 Å². The Morgan fingerprint density at radius 3 is 2.68 bits per heavy atom. The molecule has 0 atom stereocenters. The normalized spacial score (nSPS) is 10.9. The van der Waals surface area contributed by atoms with Crippen molar-refractivity contribution >= 4 is 49.9 Å². The first-order chi connectivity index (χ1) is 11.8. The van der Waals surface area contributed by atoms with Crippen molar-refractivity contribution in [3.05, 3.63) is 52.3 Å². The summed E-state index contributed by atoms with van der Waals surface area (Å²) in [6.45, 7) is 4.21. The van der Waals surface area contributed by atoms with Crippen molar-refractivity contribution < 1.29 is 9.18 Å². The minimum absolute atomic E-state index is 0.0247. The predicted octanol–water partition coefficient (Wildman–Crippen LogP) is 4.78. The standard InChI is InChI=1S/C18H17ClFN3OS/c1-10-4-5-11(2)17-16(10)22-18(25-17)23(3)9-15(24)21-12-6-7-14(20)13(19)8-12/h4-8H,9H2,1-3H3,(H,21,24). The molecule has 25 heavy (non-hydrogen) atoms. The van der Waals surface area contributed by atoms with E-state index in [9.17, 15) is 9.18 Å². The first-order valence-corrected chi connectivity index (χ1v) is 8.87. The topological polar surface area (TPSA) is 45.2 Å². The van der Waals surface area contributed by atoms with E-state index in [-0.39, 0.29) is 17.5 Å². The lowest BCUT2D eigenvalue weighted by Gasteiger charge is -2.15. The van der Waals surface area contributed by atoms with Crippen LogP contribution in [0.1, 0.15) is 11.1 Å². The van der Waals surface area contributed by atoms with Crippen LogP contribution in [0.4, 0.5) is 15.2 Å². The number of hydrogen-bond acceptors (Lipinski definition) is 4. The predicted molar refractivity (Wildman–Crippen MR) is 102 cm³/mol. The van der Waals surface area contributed by atoms with Gasteiger partial charge in [-0.05, 0) is 43.2 Å². The number of nitrogens with zero attached hydrogens (tertiary/aromatic N) is 2. The largest absolute Gasteiger partial charge is 0.342 e. The second kappa shape index (κ2) is 6.98. The number of aryl methyl sites for hydroxylation is 2. The number of carbonyl (C=O) groups excluding carboxylic acids is 1. The van der Waals surface area contributed by atoms with Gasteiger partial charge in [0.1, 0.15) is 5.82 Å². The Labute approximate surface area is 154 Å². The van der Waals surface area contributed by atoms with Crippen LogP contribution in [0, 0.1) is 19.7 Å². The summed E-state index contributed by atoms with van der Waals surface area (Å²) in [4.78, 5) is 18.7. The molecule has 1 N–H and O–H groups in total. The SMILES string of the molecule is Cc1ccc(C)c2sc(N(C)CC(=O)Nc3ccc(F)c(Cl)c3)nc12. The van der Waals surface area contributed by atoms with E-state index >= 15 is 0 Å². The summed E-state index contributed by atoms with van der Waals surface area (Å²) in [6.07, 6.45) is 0. The van der Waals surface area contributed by atoms with Crippen LogP contribution in [0.5, 0.6) is 0 Å². The van der Waals surface area contributed by atoms with Crippen molar-refractivity contribution in [2.45, 2.75) is 13.8 Å². The fourth-order valence-corrected chi connectivity index (χ4v) is 3.72. The van der Waals surface area contributed by atoms with Crippen LogP contribution in [0.15, 0.2) is 30.3 Å². The number of carbonyl (C=O) groups is 1. The zero-order chi connectivity index (χ0) is 18.1. The van der Waals surface area contributed by atoms with E-state index in [1.54, 1.807) is 16.2 Å². The number of amides is 1. The highest BCUT2D eigenvalue weighted by Crippen LogP contribution is 2.32. The maximum atomic E-state index is 13.2. The van der Waals surface area contributed by atoms with Gasteiger partial charge in [-0.15, -0.1) is 0 Å².